The van der Waals surface area contributed by atoms with Crippen molar-refractivity contribution in [2.75, 3.05) is 0 Å². The first-order chi connectivity index (χ1) is 24.8. The van der Waals surface area contributed by atoms with E-state index in [0.717, 1.165) is 44.6 Å². The molecule has 11 rings (SSSR count). The smallest absolute Gasteiger partial charge is 0.164 e. The molecular formula is C45H26N4O. The lowest BCUT2D eigenvalue weighted by Crippen LogP contribution is -2.00. The zero-order chi connectivity index (χ0) is 32.8. The minimum absolute atomic E-state index is 0.635. The molecule has 0 saturated carbocycles. The summed E-state index contributed by atoms with van der Waals surface area (Å²) in [5, 5.41) is 9.66. The van der Waals surface area contributed by atoms with Crippen LogP contribution in [0.3, 0.4) is 0 Å². The van der Waals surface area contributed by atoms with Gasteiger partial charge in [-0.1, -0.05) is 109 Å². The Bertz CT molecular complexity index is 3010. The van der Waals surface area contributed by atoms with Crippen molar-refractivity contribution in [2.24, 2.45) is 0 Å². The summed E-state index contributed by atoms with van der Waals surface area (Å²) >= 11 is 0. The summed E-state index contributed by atoms with van der Waals surface area (Å²) < 4.78 is 8.90. The Morgan fingerprint density at radius 3 is 1.48 bits per heavy atom. The Kier molecular flexibility index (Phi) is 5.60. The largest absolute Gasteiger partial charge is 0.456 e. The third-order valence-corrected chi connectivity index (χ3v) is 10.0. The molecule has 0 atom stereocenters. The van der Waals surface area contributed by atoms with Crippen LogP contribution in [0.1, 0.15) is 0 Å². The van der Waals surface area contributed by atoms with Crippen LogP contribution in [-0.2, 0) is 0 Å². The fourth-order valence-corrected chi connectivity index (χ4v) is 7.83. The molecule has 11 aromatic rings. The van der Waals surface area contributed by atoms with E-state index in [1.165, 1.54) is 43.1 Å². The Morgan fingerprint density at radius 1 is 0.340 bits per heavy atom. The van der Waals surface area contributed by atoms with Gasteiger partial charge in [-0.3, -0.25) is 0 Å². The Balaban J connectivity index is 1.16. The molecule has 0 aliphatic heterocycles. The van der Waals surface area contributed by atoms with Crippen LogP contribution >= 0.6 is 0 Å². The molecule has 0 aliphatic carbocycles. The van der Waals surface area contributed by atoms with Crippen molar-refractivity contribution in [3.63, 3.8) is 0 Å². The van der Waals surface area contributed by atoms with Crippen LogP contribution in [0, 0.1) is 0 Å². The quantitative estimate of drug-likeness (QED) is 0.192. The van der Waals surface area contributed by atoms with Crippen molar-refractivity contribution in [3.05, 3.63) is 158 Å². The first-order valence-corrected chi connectivity index (χ1v) is 16.8. The lowest BCUT2D eigenvalue weighted by Gasteiger charge is -2.11. The fraction of sp³-hybridized carbons (Fsp3) is 0. The van der Waals surface area contributed by atoms with Gasteiger partial charge in [0.15, 0.2) is 17.5 Å². The minimum Gasteiger partial charge on any atom is -0.456 e. The van der Waals surface area contributed by atoms with Crippen molar-refractivity contribution in [1.82, 2.24) is 19.5 Å². The molecule has 5 nitrogen and oxygen atoms in total. The molecule has 0 radical (unpaired) electrons. The van der Waals surface area contributed by atoms with Gasteiger partial charge in [-0.15, -0.1) is 0 Å². The lowest BCUT2D eigenvalue weighted by atomic mass is 9.95. The van der Waals surface area contributed by atoms with Gasteiger partial charge in [0.25, 0.3) is 0 Å². The predicted molar refractivity (Wildman–Crippen MR) is 204 cm³/mol. The van der Waals surface area contributed by atoms with E-state index in [0.29, 0.717) is 17.5 Å². The minimum atomic E-state index is 0.635. The Labute approximate surface area is 286 Å². The third kappa shape index (κ3) is 3.86. The summed E-state index contributed by atoms with van der Waals surface area (Å²) in [5.74, 6) is 1.93. The van der Waals surface area contributed by atoms with Crippen LogP contribution in [0.2, 0.25) is 0 Å². The Morgan fingerprint density at radius 2 is 0.840 bits per heavy atom. The topological polar surface area (TPSA) is 56.7 Å². The lowest BCUT2D eigenvalue weighted by molar-refractivity contribution is 0.669. The van der Waals surface area contributed by atoms with E-state index in [4.69, 9.17) is 19.4 Å². The van der Waals surface area contributed by atoms with Crippen LogP contribution in [0.15, 0.2) is 162 Å². The summed E-state index contributed by atoms with van der Waals surface area (Å²) in [7, 11) is 0. The van der Waals surface area contributed by atoms with Crippen LogP contribution in [0.5, 0.6) is 0 Å². The van der Waals surface area contributed by atoms with Crippen molar-refractivity contribution in [1.29, 1.82) is 0 Å². The molecule has 8 aromatic carbocycles. The molecule has 0 bridgehead atoms. The second kappa shape index (κ2) is 10.3. The van der Waals surface area contributed by atoms with E-state index < -0.39 is 0 Å². The van der Waals surface area contributed by atoms with Gasteiger partial charge < -0.3 is 8.98 Å². The van der Waals surface area contributed by atoms with Crippen LogP contribution < -0.4 is 0 Å². The van der Waals surface area contributed by atoms with E-state index in [2.05, 4.69) is 102 Å². The highest BCUT2D eigenvalue weighted by Gasteiger charge is 2.23. The van der Waals surface area contributed by atoms with Crippen molar-refractivity contribution in [3.8, 4) is 39.9 Å². The maximum Gasteiger partial charge on any atom is 0.164 e. The first kappa shape index (κ1) is 27.1. The predicted octanol–water partition coefficient (Wildman–Crippen LogP) is 11.6. The van der Waals surface area contributed by atoms with Crippen LogP contribution in [0.4, 0.5) is 0 Å². The highest BCUT2D eigenvalue weighted by molar-refractivity contribution is 6.38. The fourth-order valence-electron chi connectivity index (χ4n) is 7.83. The van der Waals surface area contributed by atoms with E-state index in [1.807, 2.05) is 60.7 Å². The summed E-state index contributed by atoms with van der Waals surface area (Å²) in [6.45, 7) is 0. The van der Waals surface area contributed by atoms with Crippen molar-refractivity contribution in [2.45, 2.75) is 0 Å². The monoisotopic (exact) mass is 638 g/mol. The highest BCUT2D eigenvalue weighted by Crippen LogP contribution is 2.46. The molecule has 0 N–H and O–H groups in total. The molecule has 0 amide bonds. The van der Waals surface area contributed by atoms with Gasteiger partial charge in [-0.25, -0.2) is 15.0 Å². The van der Waals surface area contributed by atoms with Gasteiger partial charge in [0, 0.05) is 43.9 Å². The molecule has 0 unspecified atom stereocenters. The molecular weight excluding hydrogens is 613 g/mol. The maximum atomic E-state index is 6.52. The number of aromatic nitrogens is 4. The van der Waals surface area contributed by atoms with E-state index in [9.17, 15) is 0 Å². The second-order valence-corrected chi connectivity index (χ2v) is 12.8. The molecule has 50 heavy (non-hydrogen) atoms. The number of benzene rings is 7. The molecule has 3 heterocycles. The summed E-state index contributed by atoms with van der Waals surface area (Å²) in [6.07, 6.45) is 0. The number of hydrogen-bond donors (Lipinski definition) is 0. The summed E-state index contributed by atoms with van der Waals surface area (Å²) in [5.41, 5.74) is 7.99. The van der Waals surface area contributed by atoms with Crippen LogP contribution in [0.25, 0.3) is 105 Å². The number of nitrogens with zero attached hydrogens (tertiary/aromatic N) is 4. The maximum absolute atomic E-state index is 6.52. The van der Waals surface area contributed by atoms with Crippen molar-refractivity contribution >= 4 is 65.3 Å². The zero-order valence-corrected chi connectivity index (χ0v) is 26.7. The molecule has 0 saturated heterocycles. The normalized spacial score (nSPS) is 12.0. The average Bonchev–Trinajstić information content (AvgIpc) is 3.74. The van der Waals surface area contributed by atoms with Gasteiger partial charge >= 0.3 is 0 Å². The number of fused-ring (bicyclic) bond motifs is 3. The number of furan rings is 1. The first-order valence-electron chi connectivity index (χ1n) is 16.8. The number of hydrogen-bond acceptors (Lipinski definition) is 4. The molecule has 0 aliphatic rings. The molecule has 0 spiro atoms. The summed E-state index contributed by atoms with van der Waals surface area (Å²) in [6, 6.07) is 54.9. The van der Waals surface area contributed by atoms with Crippen molar-refractivity contribution < 1.29 is 4.42 Å². The van der Waals surface area contributed by atoms with E-state index >= 15 is 0 Å². The van der Waals surface area contributed by atoms with Crippen LogP contribution in [-0.4, -0.2) is 19.5 Å². The van der Waals surface area contributed by atoms with Gasteiger partial charge in [-0.05, 0) is 70.1 Å². The summed E-state index contributed by atoms with van der Waals surface area (Å²) in [4.78, 5) is 14.8. The SMILES string of the molecule is c1ccc(-c2nc(-c3ccccc3)nc(-c3ccc(-n4c5cccc6c7ccccc7c7cccc8oc9ccc4c(c9c87)c65)cc3)n2)cc1. The molecule has 232 valence electrons. The molecule has 3 aromatic heterocycles. The number of rotatable bonds is 4. The standard InChI is InChI=1S/C45H26N4O/c1-3-11-27(12-4-1)43-46-44(28-13-5-2-6-14-28)48-45(47-43)29-21-23-30(24-22-29)49-35-19-9-17-33-31-15-7-8-16-32(31)34-18-10-20-37-40(34)42-38(50-37)26-25-36(49)41(42)39(33)35/h1-26H. The van der Waals surface area contributed by atoms with Gasteiger partial charge in [0.1, 0.15) is 11.2 Å². The second-order valence-electron chi connectivity index (χ2n) is 12.8. The van der Waals surface area contributed by atoms with Gasteiger partial charge in [-0.2, -0.15) is 0 Å². The van der Waals surface area contributed by atoms with E-state index in [1.54, 1.807) is 0 Å². The van der Waals surface area contributed by atoms with E-state index in [-0.39, 0.29) is 0 Å². The van der Waals surface area contributed by atoms with Gasteiger partial charge in [0.05, 0.1) is 11.0 Å². The third-order valence-electron chi connectivity index (χ3n) is 10.0. The zero-order valence-electron chi connectivity index (χ0n) is 26.7. The average molecular weight is 639 g/mol. The van der Waals surface area contributed by atoms with Gasteiger partial charge in [0.2, 0.25) is 0 Å². The Hall–Kier alpha value is -6.85. The molecule has 0 fully saturated rings. The molecule has 5 heteroatoms. The highest BCUT2D eigenvalue weighted by atomic mass is 16.3.